The van der Waals surface area contributed by atoms with Gasteiger partial charge in [0.05, 0.1) is 4.90 Å². The lowest BCUT2D eigenvalue weighted by atomic mass is 9.96. The summed E-state index contributed by atoms with van der Waals surface area (Å²) in [5.41, 5.74) is 5.50. The van der Waals surface area contributed by atoms with Crippen LogP contribution in [0.2, 0.25) is 0 Å². The fourth-order valence-corrected chi connectivity index (χ4v) is 5.94. The number of amides is 3. The Morgan fingerprint density at radius 3 is 2.24 bits per heavy atom. The number of guanidine groups is 1. The predicted octanol–water partition coefficient (Wildman–Crippen LogP) is 1.04. The molecule has 2 fully saturated rings. The van der Waals surface area contributed by atoms with Crippen LogP contribution in [0.15, 0.2) is 35.2 Å². The molecule has 11 nitrogen and oxygen atoms in total. The van der Waals surface area contributed by atoms with Crippen molar-refractivity contribution in [3.05, 3.63) is 30.3 Å². The smallest absolute Gasteiger partial charge is 0.249 e. The number of sulfonamides is 1. The van der Waals surface area contributed by atoms with Gasteiger partial charge in [-0.1, -0.05) is 32.0 Å². The number of imide groups is 1. The van der Waals surface area contributed by atoms with Crippen molar-refractivity contribution >= 4 is 46.1 Å². The van der Waals surface area contributed by atoms with Gasteiger partial charge in [-0.15, -0.1) is 12.4 Å². The minimum atomic E-state index is -3.94. The lowest BCUT2D eigenvalue weighted by Gasteiger charge is -2.32. The van der Waals surface area contributed by atoms with Gasteiger partial charge in [0.15, 0.2) is 5.96 Å². The van der Waals surface area contributed by atoms with E-state index in [1.54, 1.807) is 23.1 Å². The average Bonchev–Trinajstić information content (AvgIpc) is 3.33. The molecule has 0 unspecified atom stereocenters. The van der Waals surface area contributed by atoms with E-state index in [4.69, 9.17) is 11.1 Å². The van der Waals surface area contributed by atoms with Gasteiger partial charge >= 0.3 is 0 Å². The van der Waals surface area contributed by atoms with Crippen LogP contribution in [0.5, 0.6) is 0 Å². The van der Waals surface area contributed by atoms with Crippen LogP contribution in [0.4, 0.5) is 0 Å². The summed E-state index contributed by atoms with van der Waals surface area (Å²) >= 11 is 0. The molecule has 3 rings (SSSR count). The Morgan fingerprint density at radius 1 is 1.05 bits per heavy atom. The van der Waals surface area contributed by atoms with Crippen molar-refractivity contribution < 1.29 is 22.8 Å². The van der Waals surface area contributed by atoms with E-state index >= 15 is 0 Å². The zero-order chi connectivity index (χ0) is 26.5. The first kappa shape index (κ1) is 30.5. The van der Waals surface area contributed by atoms with Crippen molar-refractivity contribution in [2.45, 2.75) is 62.9 Å². The second-order valence-electron chi connectivity index (χ2n) is 9.81. The van der Waals surface area contributed by atoms with Gasteiger partial charge in [0.2, 0.25) is 27.7 Å². The highest BCUT2D eigenvalue weighted by atomic mass is 35.5. The fraction of sp³-hybridized carbons (Fsp3) is 0.583. The minimum Gasteiger partial charge on any atom is -0.370 e. The van der Waals surface area contributed by atoms with Crippen LogP contribution in [-0.4, -0.2) is 73.6 Å². The number of hydrogen-bond donors (Lipinski definition) is 4. The molecule has 1 aromatic rings. The first-order valence-corrected chi connectivity index (χ1v) is 13.8. The molecule has 37 heavy (non-hydrogen) atoms. The molecule has 2 saturated heterocycles. The summed E-state index contributed by atoms with van der Waals surface area (Å²) in [7, 11) is -3.94. The highest BCUT2D eigenvalue weighted by Gasteiger charge is 2.40. The summed E-state index contributed by atoms with van der Waals surface area (Å²) in [5, 5.41) is 9.96. The third-order valence-electron chi connectivity index (χ3n) is 6.65. The Morgan fingerprint density at radius 2 is 1.68 bits per heavy atom. The van der Waals surface area contributed by atoms with Crippen molar-refractivity contribution in [1.82, 2.24) is 19.8 Å². The van der Waals surface area contributed by atoms with E-state index in [9.17, 15) is 22.8 Å². The van der Waals surface area contributed by atoms with Gasteiger partial charge in [-0.3, -0.25) is 25.1 Å². The van der Waals surface area contributed by atoms with Crippen LogP contribution >= 0.6 is 12.4 Å². The maximum atomic E-state index is 13.5. The van der Waals surface area contributed by atoms with Gasteiger partial charge < -0.3 is 15.5 Å². The van der Waals surface area contributed by atoms with Crippen molar-refractivity contribution in [3.8, 4) is 0 Å². The zero-order valence-corrected chi connectivity index (χ0v) is 22.8. The molecule has 0 aliphatic carbocycles. The highest BCUT2D eigenvalue weighted by molar-refractivity contribution is 7.89. The Hall–Kier alpha value is -2.70. The Bertz CT molecular complexity index is 1080. The molecule has 0 radical (unpaired) electrons. The van der Waals surface area contributed by atoms with Crippen LogP contribution in [0.3, 0.4) is 0 Å². The number of rotatable bonds is 8. The molecule has 3 amide bonds. The molecule has 13 heteroatoms. The van der Waals surface area contributed by atoms with Crippen LogP contribution < -0.4 is 15.8 Å². The predicted molar refractivity (Wildman–Crippen MR) is 141 cm³/mol. The van der Waals surface area contributed by atoms with Gasteiger partial charge in [-0.05, 0) is 50.2 Å². The molecule has 2 aliphatic rings. The molecule has 0 spiro atoms. The van der Waals surface area contributed by atoms with Crippen LogP contribution in [0, 0.1) is 17.2 Å². The van der Waals surface area contributed by atoms with E-state index < -0.39 is 39.8 Å². The number of nitrogens with two attached hydrogens (primary N) is 1. The topological polar surface area (TPSA) is 166 Å². The largest absolute Gasteiger partial charge is 0.370 e. The Labute approximate surface area is 224 Å². The molecule has 0 saturated carbocycles. The molecular weight excluding hydrogens is 520 g/mol. The summed E-state index contributed by atoms with van der Waals surface area (Å²) in [5.74, 6) is -1.80. The third kappa shape index (κ3) is 7.89. The summed E-state index contributed by atoms with van der Waals surface area (Å²) in [4.78, 5) is 42.3. The number of carbonyl (C=O) groups is 3. The van der Waals surface area contributed by atoms with Crippen LogP contribution in [0.25, 0.3) is 0 Å². The number of hydrogen-bond acceptors (Lipinski definition) is 6. The monoisotopic (exact) mass is 556 g/mol. The fourth-order valence-electron chi connectivity index (χ4n) is 4.72. The number of piperidine rings is 1. The molecule has 206 valence electrons. The molecule has 2 heterocycles. The van der Waals surface area contributed by atoms with Gasteiger partial charge in [0.25, 0.3) is 0 Å². The summed E-state index contributed by atoms with van der Waals surface area (Å²) in [6.07, 6.45) is 2.19. The second-order valence-corrected chi connectivity index (χ2v) is 11.5. The average molecular weight is 557 g/mol. The van der Waals surface area contributed by atoms with E-state index in [-0.39, 0.29) is 41.5 Å². The van der Waals surface area contributed by atoms with E-state index in [0.717, 1.165) is 0 Å². The highest BCUT2D eigenvalue weighted by Crippen LogP contribution is 2.23. The molecule has 2 aliphatic heterocycles. The SMILES string of the molecule is CC(C)C[C@@H](NS(=O)(=O)c1ccccc1)C(=O)N1CCC[C@H]1C(=O)NC(=O)C1CCN(C(=N)N)CC1.Cl. The lowest BCUT2D eigenvalue weighted by molar-refractivity contribution is -0.143. The van der Waals surface area contributed by atoms with E-state index in [1.807, 2.05) is 13.8 Å². The first-order chi connectivity index (χ1) is 17.0. The number of likely N-dealkylation sites (tertiary alicyclic amines) is 2. The third-order valence-corrected chi connectivity index (χ3v) is 8.14. The number of nitrogens with zero attached hydrogens (tertiary/aromatic N) is 2. The zero-order valence-electron chi connectivity index (χ0n) is 21.2. The lowest BCUT2D eigenvalue weighted by Crippen LogP contribution is -2.55. The van der Waals surface area contributed by atoms with E-state index in [0.29, 0.717) is 45.3 Å². The van der Waals surface area contributed by atoms with Crippen molar-refractivity contribution in [2.24, 2.45) is 17.6 Å². The van der Waals surface area contributed by atoms with Crippen molar-refractivity contribution in [2.75, 3.05) is 19.6 Å². The maximum absolute atomic E-state index is 13.5. The van der Waals surface area contributed by atoms with Gasteiger partial charge in [-0.25, -0.2) is 8.42 Å². The number of benzene rings is 1. The molecule has 5 N–H and O–H groups in total. The normalized spacial score (nSPS) is 19.3. The Balaban J connectivity index is 0.00000481. The van der Waals surface area contributed by atoms with Gasteiger partial charge in [0.1, 0.15) is 12.1 Å². The quantitative estimate of drug-likeness (QED) is 0.211. The van der Waals surface area contributed by atoms with Gasteiger partial charge in [-0.2, -0.15) is 4.72 Å². The molecular formula is C24H37ClN6O5S. The second kappa shape index (κ2) is 13.2. The molecule has 2 atom stereocenters. The first-order valence-electron chi connectivity index (χ1n) is 12.3. The maximum Gasteiger partial charge on any atom is 0.249 e. The summed E-state index contributed by atoms with van der Waals surface area (Å²) in [6.45, 7) is 5.02. The van der Waals surface area contributed by atoms with Crippen LogP contribution in [0.1, 0.15) is 46.0 Å². The molecule has 1 aromatic carbocycles. The number of carbonyl (C=O) groups excluding carboxylic acids is 3. The van der Waals surface area contributed by atoms with E-state index in [2.05, 4.69) is 10.0 Å². The standard InChI is InChI=1S/C24H36N6O5S.ClH/c1-16(2)15-19(28-36(34,35)18-7-4-3-5-8-18)23(33)30-12-6-9-20(30)22(32)27-21(31)17-10-13-29(14-11-17)24(25)26;/h3-5,7-8,16-17,19-20,28H,6,9-15H2,1-2H3,(H3,25,26)(H,27,31,32);1H/t19-,20+;/m1./s1. The van der Waals surface area contributed by atoms with Crippen molar-refractivity contribution in [3.63, 3.8) is 0 Å². The Kier molecular flexibility index (Phi) is 10.9. The molecule has 0 bridgehead atoms. The molecule has 0 aromatic heterocycles. The van der Waals surface area contributed by atoms with Gasteiger partial charge in [0, 0.05) is 25.6 Å². The van der Waals surface area contributed by atoms with Crippen LogP contribution in [-0.2, 0) is 24.4 Å². The summed E-state index contributed by atoms with van der Waals surface area (Å²) < 4.78 is 28.4. The summed E-state index contributed by atoms with van der Waals surface area (Å²) in [6, 6.07) is 5.96. The number of halogens is 1. The van der Waals surface area contributed by atoms with Crippen molar-refractivity contribution in [1.29, 1.82) is 5.41 Å². The number of nitrogens with one attached hydrogen (secondary N) is 3. The van der Waals surface area contributed by atoms with E-state index in [1.165, 1.54) is 17.0 Å². The minimum absolute atomic E-state index is 0.